The number of halogens is 4. The van der Waals surface area contributed by atoms with E-state index in [-0.39, 0.29) is 6.54 Å². The number of hydrogen-bond donors (Lipinski definition) is 1. The molecule has 0 aromatic carbocycles. The fourth-order valence-electron chi connectivity index (χ4n) is 1.12. The number of rotatable bonds is 6. The van der Waals surface area contributed by atoms with Crippen molar-refractivity contribution < 1.29 is 17.6 Å². The minimum absolute atomic E-state index is 0.0995. The van der Waals surface area contributed by atoms with Crippen LogP contribution in [0.15, 0.2) is 12.4 Å². The SMILES string of the molecule is CCn1cc(CNCC(F)(F)C(F)F)cn1. The molecule has 0 spiro atoms. The Bertz CT molecular complexity index is 324. The van der Waals surface area contributed by atoms with Gasteiger partial charge in [-0.3, -0.25) is 4.68 Å². The largest absolute Gasteiger partial charge is 0.319 e. The minimum Gasteiger partial charge on any atom is -0.307 e. The van der Waals surface area contributed by atoms with Crippen molar-refractivity contribution in [3.63, 3.8) is 0 Å². The maximum atomic E-state index is 12.5. The van der Waals surface area contributed by atoms with Crippen LogP contribution in [-0.4, -0.2) is 28.7 Å². The summed E-state index contributed by atoms with van der Waals surface area (Å²) < 4.78 is 50.2. The normalized spacial score (nSPS) is 12.4. The van der Waals surface area contributed by atoms with E-state index in [1.807, 2.05) is 6.92 Å². The number of aryl methyl sites for hydroxylation is 1. The molecule has 1 rings (SSSR count). The Hall–Kier alpha value is -1.11. The third-order valence-electron chi connectivity index (χ3n) is 2.02. The monoisotopic (exact) mass is 239 g/mol. The molecule has 1 aromatic heterocycles. The molecule has 7 heteroatoms. The quantitative estimate of drug-likeness (QED) is 0.768. The smallest absolute Gasteiger partial charge is 0.307 e. The van der Waals surface area contributed by atoms with Crippen molar-refractivity contribution >= 4 is 0 Å². The first kappa shape index (κ1) is 13.0. The molecule has 0 radical (unpaired) electrons. The summed E-state index contributed by atoms with van der Waals surface area (Å²) in [4.78, 5) is 0. The summed E-state index contributed by atoms with van der Waals surface area (Å²) in [5.41, 5.74) is 0.687. The Kier molecular flexibility index (Phi) is 4.28. The molecule has 1 heterocycles. The van der Waals surface area contributed by atoms with Crippen molar-refractivity contribution in [2.45, 2.75) is 32.4 Å². The summed E-state index contributed by atoms with van der Waals surface area (Å²) in [7, 11) is 0. The zero-order valence-corrected chi connectivity index (χ0v) is 8.76. The van der Waals surface area contributed by atoms with Crippen LogP contribution in [0.3, 0.4) is 0 Å². The van der Waals surface area contributed by atoms with E-state index in [1.165, 1.54) is 6.20 Å². The molecule has 3 nitrogen and oxygen atoms in total. The predicted molar refractivity (Wildman–Crippen MR) is 50.6 cm³/mol. The van der Waals surface area contributed by atoms with Gasteiger partial charge in [-0.2, -0.15) is 13.9 Å². The first-order valence-electron chi connectivity index (χ1n) is 4.83. The highest BCUT2D eigenvalue weighted by molar-refractivity contribution is 5.03. The van der Waals surface area contributed by atoms with Crippen molar-refractivity contribution in [1.29, 1.82) is 0 Å². The van der Waals surface area contributed by atoms with Crippen molar-refractivity contribution in [3.05, 3.63) is 18.0 Å². The Morgan fingerprint density at radius 1 is 1.50 bits per heavy atom. The third kappa shape index (κ3) is 3.48. The van der Waals surface area contributed by atoms with Crippen LogP contribution in [0, 0.1) is 0 Å². The molecule has 0 unspecified atom stereocenters. The highest BCUT2D eigenvalue weighted by Gasteiger charge is 2.39. The van der Waals surface area contributed by atoms with E-state index in [0.717, 1.165) is 0 Å². The second-order valence-corrected chi connectivity index (χ2v) is 3.37. The number of nitrogens with zero attached hydrogens (tertiary/aromatic N) is 2. The van der Waals surface area contributed by atoms with Crippen molar-refractivity contribution in [3.8, 4) is 0 Å². The van der Waals surface area contributed by atoms with Crippen LogP contribution in [0.4, 0.5) is 17.6 Å². The van der Waals surface area contributed by atoms with Gasteiger partial charge in [0.1, 0.15) is 0 Å². The molecule has 0 aliphatic rings. The molecule has 0 bridgehead atoms. The summed E-state index contributed by atoms with van der Waals surface area (Å²) >= 11 is 0. The maximum Gasteiger partial charge on any atom is 0.319 e. The first-order chi connectivity index (χ1) is 7.45. The summed E-state index contributed by atoms with van der Waals surface area (Å²) in [5, 5.41) is 6.20. The molecular weight excluding hydrogens is 226 g/mol. The third-order valence-corrected chi connectivity index (χ3v) is 2.02. The molecule has 16 heavy (non-hydrogen) atoms. The van der Waals surface area contributed by atoms with Crippen LogP contribution in [0.25, 0.3) is 0 Å². The predicted octanol–water partition coefficient (Wildman–Crippen LogP) is 1.89. The van der Waals surface area contributed by atoms with Crippen molar-refractivity contribution in [2.24, 2.45) is 0 Å². The molecule has 92 valence electrons. The number of hydrogen-bond acceptors (Lipinski definition) is 2. The fraction of sp³-hybridized carbons (Fsp3) is 0.667. The molecule has 0 fully saturated rings. The molecule has 1 aromatic rings. The average molecular weight is 239 g/mol. The molecule has 0 saturated carbocycles. The van der Waals surface area contributed by atoms with Crippen molar-refractivity contribution in [1.82, 2.24) is 15.1 Å². The summed E-state index contributed by atoms with van der Waals surface area (Å²) in [6, 6.07) is 0. The molecule has 1 N–H and O–H groups in total. The standard InChI is InChI=1S/C9H13F4N3/c1-2-16-5-7(4-15-16)3-14-6-9(12,13)8(10)11/h4-5,8,14H,2-3,6H2,1H3. The van der Waals surface area contributed by atoms with Crippen molar-refractivity contribution in [2.75, 3.05) is 6.54 Å². The van der Waals surface area contributed by atoms with Gasteiger partial charge in [-0.15, -0.1) is 0 Å². The van der Waals surface area contributed by atoms with E-state index in [0.29, 0.717) is 12.1 Å². The van der Waals surface area contributed by atoms with E-state index < -0.39 is 18.9 Å². The molecule has 0 aliphatic carbocycles. The molecule has 0 amide bonds. The van der Waals surface area contributed by atoms with Crippen LogP contribution in [-0.2, 0) is 13.1 Å². The summed E-state index contributed by atoms with van der Waals surface area (Å²) in [5.74, 6) is -3.99. The number of nitrogens with one attached hydrogen (secondary N) is 1. The minimum atomic E-state index is -3.99. The lowest BCUT2D eigenvalue weighted by Gasteiger charge is -2.15. The molecule has 0 atom stereocenters. The highest BCUT2D eigenvalue weighted by Crippen LogP contribution is 2.21. The highest BCUT2D eigenvalue weighted by atomic mass is 19.3. The van der Waals surface area contributed by atoms with E-state index in [4.69, 9.17) is 0 Å². The van der Waals surface area contributed by atoms with Crippen LogP contribution in [0.1, 0.15) is 12.5 Å². The average Bonchev–Trinajstić information content (AvgIpc) is 2.65. The van der Waals surface area contributed by atoms with Gasteiger partial charge in [0.25, 0.3) is 0 Å². The fourth-order valence-corrected chi connectivity index (χ4v) is 1.12. The van der Waals surface area contributed by atoms with E-state index >= 15 is 0 Å². The van der Waals surface area contributed by atoms with Gasteiger partial charge in [-0.1, -0.05) is 0 Å². The Balaban J connectivity index is 2.35. The van der Waals surface area contributed by atoms with Crippen LogP contribution >= 0.6 is 0 Å². The molecular formula is C9H13F4N3. The topological polar surface area (TPSA) is 29.9 Å². The van der Waals surface area contributed by atoms with Gasteiger partial charge in [0, 0.05) is 24.8 Å². The zero-order valence-electron chi connectivity index (χ0n) is 8.76. The maximum absolute atomic E-state index is 12.5. The second-order valence-electron chi connectivity index (χ2n) is 3.37. The van der Waals surface area contributed by atoms with Gasteiger partial charge in [0.2, 0.25) is 0 Å². The van der Waals surface area contributed by atoms with Gasteiger partial charge >= 0.3 is 12.3 Å². The Labute approximate surface area is 90.4 Å². The molecule has 0 aliphatic heterocycles. The number of aromatic nitrogens is 2. The zero-order chi connectivity index (χ0) is 12.2. The van der Waals surface area contributed by atoms with Crippen LogP contribution in [0.5, 0.6) is 0 Å². The van der Waals surface area contributed by atoms with Gasteiger partial charge < -0.3 is 5.32 Å². The van der Waals surface area contributed by atoms with Crippen LogP contribution < -0.4 is 5.32 Å². The Morgan fingerprint density at radius 2 is 2.19 bits per heavy atom. The van der Waals surface area contributed by atoms with E-state index in [1.54, 1.807) is 10.9 Å². The van der Waals surface area contributed by atoms with Gasteiger partial charge in [-0.25, -0.2) is 8.78 Å². The lowest BCUT2D eigenvalue weighted by Crippen LogP contribution is -2.38. The van der Waals surface area contributed by atoms with E-state index in [9.17, 15) is 17.6 Å². The number of alkyl halides is 4. The summed E-state index contributed by atoms with van der Waals surface area (Å²) in [6.45, 7) is 1.62. The van der Waals surface area contributed by atoms with Crippen LogP contribution in [0.2, 0.25) is 0 Å². The summed E-state index contributed by atoms with van der Waals surface area (Å²) in [6.07, 6.45) is -0.455. The van der Waals surface area contributed by atoms with Gasteiger partial charge in [-0.05, 0) is 6.92 Å². The van der Waals surface area contributed by atoms with E-state index in [2.05, 4.69) is 10.4 Å². The lowest BCUT2D eigenvalue weighted by molar-refractivity contribution is -0.125. The first-order valence-corrected chi connectivity index (χ1v) is 4.83. The Morgan fingerprint density at radius 3 is 2.69 bits per heavy atom. The lowest BCUT2D eigenvalue weighted by atomic mass is 10.3. The molecule has 0 saturated heterocycles. The van der Waals surface area contributed by atoms with Gasteiger partial charge in [0.15, 0.2) is 0 Å². The second kappa shape index (κ2) is 5.29. The van der Waals surface area contributed by atoms with Gasteiger partial charge in [0.05, 0.1) is 12.7 Å².